The summed E-state index contributed by atoms with van der Waals surface area (Å²) in [5.41, 5.74) is 0.811. The molecule has 0 bridgehead atoms. The van der Waals surface area contributed by atoms with E-state index in [1.165, 1.54) is 6.07 Å². The van der Waals surface area contributed by atoms with Crippen molar-refractivity contribution in [3.05, 3.63) is 35.6 Å². The highest BCUT2D eigenvalue weighted by Gasteiger charge is 2.40. The lowest BCUT2D eigenvalue weighted by atomic mass is 10.1. The first-order chi connectivity index (χ1) is 9.26. The maximum absolute atomic E-state index is 13.7. The quantitative estimate of drug-likeness (QED) is 0.459. The topological polar surface area (TPSA) is 36.4 Å². The van der Waals surface area contributed by atoms with Gasteiger partial charge in [0, 0.05) is 25.0 Å². The molecule has 1 aromatic rings. The predicted molar refractivity (Wildman–Crippen MR) is 92.4 cm³/mol. The molecule has 2 atom stereocenters. The molecule has 0 aliphatic heterocycles. The van der Waals surface area contributed by atoms with E-state index >= 15 is 0 Å². The van der Waals surface area contributed by atoms with Crippen molar-refractivity contribution in [2.24, 2.45) is 4.99 Å². The van der Waals surface area contributed by atoms with E-state index in [0.717, 1.165) is 37.5 Å². The fourth-order valence-corrected chi connectivity index (χ4v) is 2.19. The van der Waals surface area contributed by atoms with Crippen molar-refractivity contribution >= 4 is 29.9 Å². The van der Waals surface area contributed by atoms with Crippen LogP contribution in [0.5, 0.6) is 0 Å². The third-order valence-electron chi connectivity index (χ3n) is 3.25. The predicted octanol–water partition coefficient (Wildman–Crippen LogP) is 3.26. The molecule has 0 saturated heterocycles. The van der Waals surface area contributed by atoms with E-state index < -0.39 is 0 Å². The first-order valence-corrected chi connectivity index (χ1v) is 7.05. The average molecular weight is 391 g/mol. The number of nitrogens with zero attached hydrogens (tertiary/aromatic N) is 1. The largest absolute Gasteiger partial charge is 0.357 e. The van der Waals surface area contributed by atoms with Gasteiger partial charge in [0.1, 0.15) is 5.82 Å². The summed E-state index contributed by atoms with van der Waals surface area (Å²) in [6.45, 7) is 5.80. The third kappa shape index (κ3) is 4.61. The standard InChI is InChI=1S/C15H22FN3.HI/c1-3-9-18-15(17-4-2)19-14-10-12(14)11-7-5-6-8-13(11)16;/h5-8,12,14H,3-4,9-10H2,1-2H3,(H2,17,18,19);1H. The minimum atomic E-state index is -0.104. The number of hydrogen-bond donors (Lipinski definition) is 2. The number of halogens is 2. The lowest BCUT2D eigenvalue weighted by molar-refractivity contribution is 0.607. The summed E-state index contributed by atoms with van der Waals surface area (Å²) >= 11 is 0. The van der Waals surface area contributed by atoms with Crippen LogP contribution in [0.15, 0.2) is 29.3 Å². The number of aliphatic imine (C=N–C) groups is 1. The number of rotatable bonds is 5. The van der Waals surface area contributed by atoms with Crippen LogP contribution in [0.3, 0.4) is 0 Å². The molecular weight excluding hydrogens is 368 g/mol. The Labute approximate surface area is 137 Å². The molecule has 112 valence electrons. The number of guanidine groups is 1. The highest BCUT2D eigenvalue weighted by molar-refractivity contribution is 14.0. The highest BCUT2D eigenvalue weighted by atomic mass is 127. The monoisotopic (exact) mass is 391 g/mol. The van der Waals surface area contributed by atoms with Crippen LogP contribution >= 0.6 is 24.0 Å². The second-order valence-electron chi connectivity index (χ2n) is 4.88. The Morgan fingerprint density at radius 2 is 2.10 bits per heavy atom. The van der Waals surface area contributed by atoms with Gasteiger partial charge < -0.3 is 10.6 Å². The summed E-state index contributed by atoms with van der Waals surface area (Å²) in [6.07, 6.45) is 2.00. The lowest BCUT2D eigenvalue weighted by Gasteiger charge is -2.11. The van der Waals surface area contributed by atoms with Crippen molar-refractivity contribution in [1.82, 2.24) is 10.6 Å². The van der Waals surface area contributed by atoms with Crippen LogP contribution in [-0.4, -0.2) is 25.1 Å². The van der Waals surface area contributed by atoms with Crippen LogP contribution in [0.4, 0.5) is 4.39 Å². The number of hydrogen-bond acceptors (Lipinski definition) is 1. The zero-order valence-electron chi connectivity index (χ0n) is 12.0. The summed E-state index contributed by atoms with van der Waals surface area (Å²) in [7, 11) is 0. The first kappa shape index (κ1) is 17.2. The zero-order chi connectivity index (χ0) is 13.7. The molecule has 20 heavy (non-hydrogen) atoms. The molecule has 1 aliphatic rings. The van der Waals surface area contributed by atoms with Crippen molar-refractivity contribution in [3.8, 4) is 0 Å². The SMILES string of the molecule is CCCN=C(NCC)NC1CC1c1ccccc1F.I. The van der Waals surface area contributed by atoms with Gasteiger partial charge >= 0.3 is 0 Å². The average Bonchev–Trinajstić information content (AvgIpc) is 3.16. The normalized spacial score (nSPS) is 21.1. The lowest BCUT2D eigenvalue weighted by Crippen LogP contribution is -2.39. The van der Waals surface area contributed by atoms with Crippen LogP contribution in [0, 0.1) is 5.82 Å². The molecule has 1 fully saturated rings. The maximum Gasteiger partial charge on any atom is 0.191 e. The molecule has 0 radical (unpaired) electrons. The Balaban J connectivity index is 0.00000200. The van der Waals surface area contributed by atoms with Crippen LogP contribution in [0.1, 0.15) is 38.2 Å². The molecule has 2 rings (SSSR count). The van der Waals surface area contributed by atoms with Gasteiger partial charge in [0.15, 0.2) is 5.96 Å². The molecule has 1 saturated carbocycles. The van der Waals surface area contributed by atoms with E-state index in [2.05, 4.69) is 22.5 Å². The third-order valence-corrected chi connectivity index (χ3v) is 3.25. The van der Waals surface area contributed by atoms with Crippen LogP contribution < -0.4 is 10.6 Å². The number of benzene rings is 1. The Bertz CT molecular complexity index is 450. The van der Waals surface area contributed by atoms with E-state index in [0.29, 0.717) is 6.04 Å². The van der Waals surface area contributed by atoms with E-state index in [1.54, 1.807) is 6.07 Å². The summed E-state index contributed by atoms with van der Waals surface area (Å²) in [4.78, 5) is 4.46. The van der Waals surface area contributed by atoms with E-state index in [1.807, 2.05) is 19.1 Å². The summed E-state index contributed by atoms with van der Waals surface area (Å²) in [6, 6.07) is 7.32. The van der Waals surface area contributed by atoms with Crippen LogP contribution in [0.2, 0.25) is 0 Å². The van der Waals surface area contributed by atoms with Gasteiger partial charge in [-0.05, 0) is 31.4 Å². The maximum atomic E-state index is 13.7. The smallest absolute Gasteiger partial charge is 0.191 e. The molecule has 1 aromatic carbocycles. The summed E-state index contributed by atoms with van der Waals surface area (Å²) in [5, 5.41) is 6.60. The van der Waals surface area contributed by atoms with Crippen molar-refractivity contribution in [2.45, 2.75) is 38.6 Å². The van der Waals surface area contributed by atoms with Gasteiger partial charge in [0.2, 0.25) is 0 Å². The zero-order valence-corrected chi connectivity index (χ0v) is 14.4. The van der Waals surface area contributed by atoms with E-state index in [9.17, 15) is 4.39 Å². The molecule has 0 spiro atoms. The molecule has 1 aliphatic carbocycles. The Hall–Kier alpha value is -0.850. The Morgan fingerprint density at radius 1 is 1.35 bits per heavy atom. The molecule has 5 heteroatoms. The van der Waals surface area contributed by atoms with E-state index in [4.69, 9.17) is 0 Å². The minimum Gasteiger partial charge on any atom is -0.357 e. The molecule has 2 N–H and O–H groups in total. The van der Waals surface area contributed by atoms with Gasteiger partial charge in [-0.1, -0.05) is 25.1 Å². The molecular formula is C15H23FIN3. The van der Waals surface area contributed by atoms with Gasteiger partial charge in [-0.3, -0.25) is 4.99 Å². The van der Waals surface area contributed by atoms with E-state index in [-0.39, 0.29) is 35.7 Å². The van der Waals surface area contributed by atoms with Crippen LogP contribution in [-0.2, 0) is 0 Å². The van der Waals surface area contributed by atoms with Gasteiger partial charge in [0.05, 0.1) is 0 Å². The second-order valence-corrected chi connectivity index (χ2v) is 4.88. The summed E-state index contributed by atoms with van der Waals surface area (Å²) < 4.78 is 13.7. The molecule has 3 nitrogen and oxygen atoms in total. The van der Waals surface area contributed by atoms with Crippen molar-refractivity contribution in [1.29, 1.82) is 0 Å². The second kappa shape index (κ2) is 8.44. The van der Waals surface area contributed by atoms with Crippen molar-refractivity contribution < 1.29 is 4.39 Å². The van der Waals surface area contributed by atoms with Gasteiger partial charge in [0.25, 0.3) is 0 Å². The summed E-state index contributed by atoms with van der Waals surface area (Å²) in [5.74, 6) is 1.01. The van der Waals surface area contributed by atoms with Crippen molar-refractivity contribution in [2.75, 3.05) is 13.1 Å². The Kier molecular flexibility index (Phi) is 7.26. The van der Waals surface area contributed by atoms with Gasteiger partial charge in [-0.2, -0.15) is 0 Å². The first-order valence-electron chi connectivity index (χ1n) is 7.05. The van der Waals surface area contributed by atoms with Crippen LogP contribution in [0.25, 0.3) is 0 Å². The molecule has 0 heterocycles. The molecule has 0 amide bonds. The fraction of sp³-hybridized carbons (Fsp3) is 0.533. The minimum absolute atomic E-state index is 0. The highest BCUT2D eigenvalue weighted by Crippen LogP contribution is 2.41. The molecule has 2 unspecified atom stereocenters. The number of nitrogens with one attached hydrogen (secondary N) is 2. The fourth-order valence-electron chi connectivity index (χ4n) is 2.19. The molecule has 0 aromatic heterocycles. The van der Waals surface area contributed by atoms with Crippen molar-refractivity contribution in [3.63, 3.8) is 0 Å². The van der Waals surface area contributed by atoms with Gasteiger partial charge in [-0.15, -0.1) is 24.0 Å². The Morgan fingerprint density at radius 3 is 2.75 bits per heavy atom. The van der Waals surface area contributed by atoms with Gasteiger partial charge in [-0.25, -0.2) is 4.39 Å².